The molecule has 9 nitrogen and oxygen atoms in total. The molecule has 0 saturated heterocycles. The molecule has 3 heterocycles. The van der Waals surface area contributed by atoms with Crippen molar-refractivity contribution < 1.29 is 8.42 Å². The van der Waals surface area contributed by atoms with Crippen LogP contribution in [0.1, 0.15) is 5.56 Å². The van der Waals surface area contributed by atoms with E-state index in [1.54, 1.807) is 16.9 Å². The number of benzene rings is 1. The lowest BCUT2D eigenvalue weighted by Gasteiger charge is -2.08. The molecule has 30 heavy (non-hydrogen) atoms. The number of fused-ring (bicyclic) bond motifs is 1. The summed E-state index contributed by atoms with van der Waals surface area (Å²) < 4.78 is 28.8. The average molecular weight is 424 g/mol. The zero-order chi connectivity index (χ0) is 20.8. The minimum Gasteiger partial charge on any atom is -0.369 e. The fourth-order valence-corrected chi connectivity index (χ4v) is 4.03. The highest BCUT2D eigenvalue weighted by atomic mass is 32.2. The summed E-state index contributed by atoms with van der Waals surface area (Å²) in [6.07, 6.45) is 6.88. The van der Waals surface area contributed by atoms with Gasteiger partial charge in [0.1, 0.15) is 17.0 Å². The summed E-state index contributed by atoms with van der Waals surface area (Å²) in [6, 6.07) is 13.3. The smallest absolute Gasteiger partial charge is 0.242 e. The quantitative estimate of drug-likeness (QED) is 0.422. The van der Waals surface area contributed by atoms with E-state index in [-0.39, 0.29) is 11.4 Å². The van der Waals surface area contributed by atoms with Crippen molar-refractivity contribution in [2.45, 2.75) is 17.9 Å². The van der Waals surface area contributed by atoms with E-state index in [0.717, 1.165) is 18.4 Å². The molecular weight excluding hydrogens is 402 g/mol. The van der Waals surface area contributed by atoms with Crippen molar-refractivity contribution in [2.24, 2.45) is 0 Å². The number of nitrogens with one attached hydrogen (secondary N) is 2. The SMILES string of the molecule is O=S(=O)(NCCn1ncc2c(NCCc3ccccc3)ncnc21)c1cccnc1. The third-order valence-corrected chi connectivity index (χ3v) is 5.99. The highest BCUT2D eigenvalue weighted by molar-refractivity contribution is 7.89. The first-order valence-corrected chi connectivity index (χ1v) is 11.0. The van der Waals surface area contributed by atoms with E-state index in [1.165, 1.54) is 30.4 Å². The molecule has 10 heteroatoms. The van der Waals surface area contributed by atoms with Gasteiger partial charge in [0.25, 0.3) is 0 Å². The topological polar surface area (TPSA) is 115 Å². The number of anilines is 1. The second-order valence-corrected chi connectivity index (χ2v) is 8.34. The Balaban J connectivity index is 1.39. The third kappa shape index (κ3) is 4.61. The van der Waals surface area contributed by atoms with Crippen molar-refractivity contribution in [1.29, 1.82) is 0 Å². The largest absolute Gasteiger partial charge is 0.369 e. The van der Waals surface area contributed by atoms with Crippen LogP contribution in [0.5, 0.6) is 0 Å². The van der Waals surface area contributed by atoms with Gasteiger partial charge in [-0.2, -0.15) is 5.10 Å². The van der Waals surface area contributed by atoms with Gasteiger partial charge in [-0.3, -0.25) is 4.98 Å². The van der Waals surface area contributed by atoms with Gasteiger partial charge < -0.3 is 5.32 Å². The van der Waals surface area contributed by atoms with Crippen LogP contribution in [-0.4, -0.2) is 46.2 Å². The summed E-state index contributed by atoms with van der Waals surface area (Å²) in [7, 11) is -3.61. The Labute approximate surface area is 174 Å². The molecule has 0 unspecified atom stereocenters. The molecule has 2 N–H and O–H groups in total. The van der Waals surface area contributed by atoms with E-state index in [9.17, 15) is 8.42 Å². The van der Waals surface area contributed by atoms with Crippen LogP contribution in [0, 0.1) is 0 Å². The summed E-state index contributed by atoms with van der Waals surface area (Å²) in [4.78, 5) is 12.6. The Morgan fingerprint density at radius 3 is 2.63 bits per heavy atom. The number of hydrogen-bond acceptors (Lipinski definition) is 7. The van der Waals surface area contributed by atoms with Crippen LogP contribution in [0.25, 0.3) is 11.0 Å². The van der Waals surface area contributed by atoms with Gasteiger partial charge >= 0.3 is 0 Å². The first-order chi connectivity index (χ1) is 14.6. The molecule has 0 bridgehead atoms. The predicted octanol–water partition coefficient (Wildman–Crippen LogP) is 1.85. The Hall–Kier alpha value is -3.37. The standard InChI is InChI=1S/C20H21N7O2S/c28-30(29,17-7-4-9-21-13-17)26-11-12-27-20-18(14-25-27)19(23-15-24-20)22-10-8-16-5-2-1-3-6-16/h1-7,9,13-15,26H,8,10-12H2,(H,22,23,24). The van der Waals surface area contributed by atoms with E-state index in [2.05, 4.69) is 42.2 Å². The molecule has 0 aliphatic carbocycles. The van der Waals surface area contributed by atoms with Crippen molar-refractivity contribution in [3.63, 3.8) is 0 Å². The molecule has 0 fully saturated rings. The second kappa shape index (κ2) is 8.97. The maximum atomic E-state index is 12.3. The normalized spacial score (nSPS) is 11.6. The van der Waals surface area contributed by atoms with Gasteiger partial charge in [0.15, 0.2) is 5.65 Å². The lowest BCUT2D eigenvalue weighted by atomic mass is 10.1. The minimum absolute atomic E-state index is 0.127. The van der Waals surface area contributed by atoms with Crippen LogP contribution in [0.2, 0.25) is 0 Å². The first kappa shape index (κ1) is 19.9. The molecule has 4 rings (SSSR count). The van der Waals surface area contributed by atoms with E-state index in [4.69, 9.17) is 0 Å². The predicted molar refractivity (Wildman–Crippen MR) is 113 cm³/mol. The van der Waals surface area contributed by atoms with Crippen LogP contribution in [0.4, 0.5) is 5.82 Å². The second-order valence-electron chi connectivity index (χ2n) is 6.58. The van der Waals surface area contributed by atoms with Gasteiger partial charge in [-0.15, -0.1) is 0 Å². The van der Waals surface area contributed by atoms with Crippen molar-refractivity contribution in [3.05, 3.63) is 72.9 Å². The molecule has 0 amide bonds. The lowest BCUT2D eigenvalue weighted by Crippen LogP contribution is -2.27. The van der Waals surface area contributed by atoms with E-state index < -0.39 is 10.0 Å². The van der Waals surface area contributed by atoms with Gasteiger partial charge in [-0.25, -0.2) is 27.8 Å². The highest BCUT2D eigenvalue weighted by Crippen LogP contribution is 2.18. The lowest BCUT2D eigenvalue weighted by molar-refractivity contribution is 0.564. The van der Waals surface area contributed by atoms with Gasteiger partial charge in [-0.1, -0.05) is 30.3 Å². The van der Waals surface area contributed by atoms with Gasteiger partial charge in [0.05, 0.1) is 18.1 Å². The maximum absolute atomic E-state index is 12.3. The van der Waals surface area contributed by atoms with Gasteiger partial charge in [0.2, 0.25) is 10.0 Å². The molecule has 4 aromatic rings. The Kier molecular flexibility index (Phi) is 5.96. The van der Waals surface area contributed by atoms with Crippen LogP contribution in [-0.2, 0) is 23.0 Å². The Morgan fingerprint density at radius 2 is 1.83 bits per heavy atom. The molecule has 0 aliphatic heterocycles. The maximum Gasteiger partial charge on any atom is 0.242 e. The number of hydrogen-bond donors (Lipinski definition) is 2. The molecule has 0 atom stereocenters. The van der Waals surface area contributed by atoms with Crippen LogP contribution >= 0.6 is 0 Å². The summed E-state index contributed by atoms with van der Waals surface area (Å²) in [5.74, 6) is 0.707. The summed E-state index contributed by atoms with van der Waals surface area (Å²) in [5.41, 5.74) is 1.89. The molecule has 154 valence electrons. The fraction of sp³-hybridized carbons (Fsp3) is 0.200. The average Bonchev–Trinajstić information content (AvgIpc) is 3.19. The number of aromatic nitrogens is 5. The third-order valence-electron chi connectivity index (χ3n) is 4.54. The Morgan fingerprint density at radius 1 is 0.967 bits per heavy atom. The van der Waals surface area contributed by atoms with E-state index >= 15 is 0 Å². The van der Waals surface area contributed by atoms with Gasteiger partial charge in [-0.05, 0) is 24.1 Å². The fourth-order valence-electron chi connectivity index (χ4n) is 3.04. The molecular formula is C20H21N7O2S. The zero-order valence-electron chi connectivity index (χ0n) is 16.1. The number of nitrogens with zero attached hydrogens (tertiary/aromatic N) is 5. The summed E-state index contributed by atoms with van der Waals surface area (Å²) in [5, 5.41) is 8.46. The number of rotatable bonds is 9. The van der Waals surface area contributed by atoms with E-state index in [0.29, 0.717) is 18.0 Å². The molecule has 3 aromatic heterocycles. The summed E-state index contributed by atoms with van der Waals surface area (Å²) >= 11 is 0. The van der Waals surface area contributed by atoms with Crippen molar-refractivity contribution in [1.82, 2.24) is 29.5 Å². The Bertz CT molecular complexity index is 1210. The summed E-state index contributed by atoms with van der Waals surface area (Å²) in [6.45, 7) is 1.24. The molecule has 0 radical (unpaired) electrons. The molecule has 0 saturated carbocycles. The number of sulfonamides is 1. The highest BCUT2D eigenvalue weighted by Gasteiger charge is 2.14. The van der Waals surface area contributed by atoms with Crippen molar-refractivity contribution in [2.75, 3.05) is 18.4 Å². The van der Waals surface area contributed by atoms with Crippen molar-refractivity contribution in [3.8, 4) is 0 Å². The first-order valence-electron chi connectivity index (χ1n) is 9.47. The molecule has 0 aliphatic rings. The van der Waals surface area contributed by atoms with E-state index in [1.807, 2.05) is 18.2 Å². The van der Waals surface area contributed by atoms with Gasteiger partial charge in [0, 0.05) is 25.5 Å². The van der Waals surface area contributed by atoms with Crippen molar-refractivity contribution >= 4 is 26.9 Å². The van der Waals surface area contributed by atoms with Crippen LogP contribution in [0.15, 0.2) is 72.3 Å². The number of pyridine rings is 1. The molecule has 1 aromatic carbocycles. The molecule has 0 spiro atoms. The minimum atomic E-state index is -3.61. The van der Waals surface area contributed by atoms with Crippen LogP contribution < -0.4 is 10.0 Å². The van der Waals surface area contributed by atoms with Crippen LogP contribution in [0.3, 0.4) is 0 Å². The zero-order valence-corrected chi connectivity index (χ0v) is 17.0. The monoisotopic (exact) mass is 423 g/mol.